The SMILES string of the molecule is Cc1ccc(NC(=O)CSCC(=O)NC2=NN(c3ccccc3)C(=O)C2)cc1. The third-order valence-corrected chi connectivity index (χ3v) is 4.79. The van der Waals surface area contributed by atoms with Gasteiger partial charge >= 0.3 is 0 Å². The van der Waals surface area contributed by atoms with Crippen molar-refractivity contribution in [1.82, 2.24) is 5.32 Å². The van der Waals surface area contributed by atoms with Crippen molar-refractivity contribution in [3.05, 3.63) is 60.2 Å². The van der Waals surface area contributed by atoms with Crippen LogP contribution in [-0.2, 0) is 14.4 Å². The van der Waals surface area contributed by atoms with E-state index in [9.17, 15) is 14.4 Å². The predicted molar refractivity (Wildman–Crippen MR) is 111 cm³/mol. The summed E-state index contributed by atoms with van der Waals surface area (Å²) < 4.78 is 0. The van der Waals surface area contributed by atoms with E-state index in [0.29, 0.717) is 11.5 Å². The zero-order valence-corrected chi connectivity index (χ0v) is 16.2. The standard InChI is InChI=1S/C20H20N4O3S/c1-14-7-9-15(10-8-14)21-18(25)12-28-13-19(26)22-17-11-20(27)24(23-17)16-5-3-2-4-6-16/h2-10H,11-13H2,1H3,(H,21,25)(H,22,23,26). The van der Waals surface area contributed by atoms with E-state index in [4.69, 9.17) is 0 Å². The number of rotatable bonds is 6. The summed E-state index contributed by atoms with van der Waals surface area (Å²) in [5.74, 6) is -0.113. The molecular formula is C20H20N4O3S. The number of anilines is 2. The first-order chi connectivity index (χ1) is 13.5. The van der Waals surface area contributed by atoms with Crippen LogP contribution in [0.15, 0.2) is 59.7 Å². The molecule has 0 unspecified atom stereocenters. The van der Waals surface area contributed by atoms with E-state index in [2.05, 4.69) is 15.7 Å². The van der Waals surface area contributed by atoms with Crippen molar-refractivity contribution in [1.29, 1.82) is 0 Å². The number of thioether (sulfide) groups is 1. The van der Waals surface area contributed by atoms with Crippen LogP contribution in [0.3, 0.4) is 0 Å². The Morgan fingerprint density at radius 3 is 2.32 bits per heavy atom. The molecule has 7 nitrogen and oxygen atoms in total. The quantitative estimate of drug-likeness (QED) is 0.785. The highest BCUT2D eigenvalue weighted by molar-refractivity contribution is 8.00. The van der Waals surface area contributed by atoms with E-state index in [-0.39, 0.29) is 35.6 Å². The summed E-state index contributed by atoms with van der Waals surface area (Å²) in [6.07, 6.45) is 0.0409. The Morgan fingerprint density at radius 2 is 1.64 bits per heavy atom. The molecule has 2 aromatic rings. The molecule has 0 fully saturated rings. The zero-order chi connectivity index (χ0) is 19.9. The summed E-state index contributed by atoms with van der Waals surface area (Å²) in [5, 5.41) is 10.9. The molecule has 0 aromatic heterocycles. The number of hydrogen-bond donors (Lipinski definition) is 2. The summed E-state index contributed by atoms with van der Waals surface area (Å²) in [7, 11) is 0. The summed E-state index contributed by atoms with van der Waals surface area (Å²) in [6.45, 7) is 1.97. The van der Waals surface area contributed by atoms with Gasteiger partial charge in [0.25, 0.3) is 5.91 Å². The highest BCUT2D eigenvalue weighted by Gasteiger charge is 2.26. The molecule has 2 aromatic carbocycles. The molecule has 28 heavy (non-hydrogen) atoms. The number of nitrogens with one attached hydrogen (secondary N) is 2. The smallest absolute Gasteiger partial charge is 0.255 e. The Bertz CT molecular complexity index is 897. The number of benzene rings is 2. The van der Waals surface area contributed by atoms with Gasteiger partial charge in [0.1, 0.15) is 5.84 Å². The maximum absolute atomic E-state index is 12.1. The number of hydrogen-bond acceptors (Lipinski definition) is 5. The third kappa shape index (κ3) is 5.43. The minimum absolute atomic E-state index is 0.0409. The number of aryl methyl sites for hydroxylation is 1. The first kappa shape index (κ1) is 19.6. The lowest BCUT2D eigenvalue weighted by Crippen LogP contribution is -2.31. The predicted octanol–water partition coefficient (Wildman–Crippen LogP) is 2.53. The number of nitrogens with zero attached hydrogens (tertiary/aromatic N) is 2. The molecule has 2 N–H and O–H groups in total. The first-order valence-corrected chi connectivity index (χ1v) is 9.86. The molecule has 0 spiro atoms. The van der Waals surface area contributed by atoms with Gasteiger partial charge in [0.05, 0.1) is 23.6 Å². The van der Waals surface area contributed by atoms with Gasteiger partial charge in [-0.2, -0.15) is 10.1 Å². The van der Waals surface area contributed by atoms with Crippen molar-refractivity contribution < 1.29 is 14.4 Å². The fourth-order valence-corrected chi connectivity index (χ4v) is 3.15. The van der Waals surface area contributed by atoms with Crippen molar-refractivity contribution in [2.24, 2.45) is 5.10 Å². The van der Waals surface area contributed by atoms with Crippen LogP contribution in [0.4, 0.5) is 11.4 Å². The molecule has 144 valence electrons. The van der Waals surface area contributed by atoms with Crippen LogP contribution < -0.4 is 15.6 Å². The Labute approximate surface area is 167 Å². The van der Waals surface area contributed by atoms with Crippen LogP contribution >= 0.6 is 11.8 Å². The Morgan fingerprint density at radius 1 is 1.00 bits per heavy atom. The van der Waals surface area contributed by atoms with Gasteiger partial charge in [-0.1, -0.05) is 35.9 Å². The Hall–Kier alpha value is -3.13. The highest BCUT2D eigenvalue weighted by atomic mass is 32.2. The van der Waals surface area contributed by atoms with Gasteiger partial charge in [-0.15, -0.1) is 11.8 Å². The van der Waals surface area contributed by atoms with Crippen molar-refractivity contribution in [2.45, 2.75) is 13.3 Å². The molecule has 0 aliphatic carbocycles. The molecule has 8 heteroatoms. The van der Waals surface area contributed by atoms with Crippen LogP contribution in [-0.4, -0.2) is 35.1 Å². The van der Waals surface area contributed by atoms with Crippen LogP contribution in [0, 0.1) is 6.92 Å². The number of hydrazone groups is 1. The van der Waals surface area contributed by atoms with Gasteiger partial charge in [0.2, 0.25) is 11.8 Å². The molecule has 1 aliphatic rings. The highest BCUT2D eigenvalue weighted by Crippen LogP contribution is 2.19. The molecule has 0 atom stereocenters. The van der Waals surface area contributed by atoms with Gasteiger partial charge in [-0.25, -0.2) is 0 Å². The number of para-hydroxylation sites is 1. The molecule has 3 rings (SSSR count). The maximum Gasteiger partial charge on any atom is 0.255 e. The Balaban J connectivity index is 1.42. The van der Waals surface area contributed by atoms with Gasteiger partial charge < -0.3 is 10.6 Å². The third-order valence-electron chi connectivity index (χ3n) is 3.86. The molecule has 0 bridgehead atoms. The minimum atomic E-state index is -0.297. The van der Waals surface area contributed by atoms with E-state index in [1.54, 1.807) is 12.1 Å². The summed E-state index contributed by atoms with van der Waals surface area (Å²) in [6, 6.07) is 16.5. The molecular weight excluding hydrogens is 376 g/mol. The van der Waals surface area contributed by atoms with Crippen molar-refractivity contribution in [2.75, 3.05) is 21.8 Å². The first-order valence-electron chi connectivity index (χ1n) is 8.71. The average molecular weight is 396 g/mol. The second-order valence-electron chi connectivity index (χ2n) is 6.22. The lowest BCUT2D eigenvalue weighted by Gasteiger charge is -2.10. The molecule has 3 amide bonds. The van der Waals surface area contributed by atoms with Crippen LogP contribution in [0.1, 0.15) is 12.0 Å². The molecule has 1 aliphatic heterocycles. The topological polar surface area (TPSA) is 90.9 Å². The van der Waals surface area contributed by atoms with Crippen molar-refractivity contribution >= 4 is 46.7 Å². The van der Waals surface area contributed by atoms with Crippen molar-refractivity contribution in [3.8, 4) is 0 Å². The minimum Gasteiger partial charge on any atom is -0.325 e. The van der Waals surface area contributed by atoms with Crippen LogP contribution in [0.25, 0.3) is 0 Å². The van der Waals surface area contributed by atoms with Crippen LogP contribution in [0.5, 0.6) is 0 Å². The molecule has 0 saturated carbocycles. The van der Waals surface area contributed by atoms with E-state index in [1.807, 2.05) is 49.4 Å². The summed E-state index contributed by atoms with van der Waals surface area (Å²) >= 11 is 1.20. The average Bonchev–Trinajstić information content (AvgIpc) is 3.04. The molecule has 1 heterocycles. The van der Waals surface area contributed by atoms with Crippen LogP contribution in [0.2, 0.25) is 0 Å². The second-order valence-corrected chi connectivity index (χ2v) is 7.21. The Kier molecular flexibility index (Phi) is 6.44. The normalized spacial score (nSPS) is 13.2. The lowest BCUT2D eigenvalue weighted by molar-refractivity contribution is -0.117. The fourth-order valence-electron chi connectivity index (χ4n) is 2.54. The summed E-state index contributed by atoms with van der Waals surface area (Å²) in [5.41, 5.74) is 2.49. The van der Waals surface area contributed by atoms with Gasteiger partial charge in [-0.05, 0) is 31.2 Å². The fraction of sp³-hybridized carbons (Fsp3) is 0.200. The molecule has 0 saturated heterocycles. The maximum atomic E-state index is 12.1. The number of amides is 3. The number of carbonyl (C=O) groups excluding carboxylic acids is 3. The van der Waals surface area contributed by atoms with E-state index in [0.717, 1.165) is 11.3 Å². The zero-order valence-electron chi connectivity index (χ0n) is 15.3. The van der Waals surface area contributed by atoms with Gasteiger partial charge in [0, 0.05) is 5.69 Å². The van der Waals surface area contributed by atoms with E-state index < -0.39 is 0 Å². The second kappa shape index (κ2) is 9.18. The van der Waals surface area contributed by atoms with Crippen molar-refractivity contribution in [3.63, 3.8) is 0 Å². The number of amidine groups is 1. The van der Waals surface area contributed by atoms with Gasteiger partial charge in [-0.3, -0.25) is 14.4 Å². The monoisotopic (exact) mass is 396 g/mol. The van der Waals surface area contributed by atoms with E-state index >= 15 is 0 Å². The largest absolute Gasteiger partial charge is 0.325 e. The summed E-state index contributed by atoms with van der Waals surface area (Å²) in [4.78, 5) is 36.0. The lowest BCUT2D eigenvalue weighted by atomic mass is 10.2. The number of carbonyl (C=O) groups is 3. The molecule has 0 radical (unpaired) electrons. The van der Waals surface area contributed by atoms with Gasteiger partial charge in [0.15, 0.2) is 0 Å². The van der Waals surface area contributed by atoms with E-state index in [1.165, 1.54) is 16.8 Å².